The summed E-state index contributed by atoms with van der Waals surface area (Å²) < 4.78 is 0. The van der Waals surface area contributed by atoms with Crippen LogP contribution in [-0.2, 0) is 0 Å². The minimum Gasteiger partial charge on any atom is -0.265 e. The number of hydrogen-bond donors (Lipinski definition) is 0. The number of rotatable bonds is 2. The van der Waals surface area contributed by atoms with Gasteiger partial charge in [0.25, 0.3) is 0 Å². The first-order chi connectivity index (χ1) is 6.16. The van der Waals surface area contributed by atoms with Crippen LogP contribution in [0.25, 0.3) is 0 Å². The molecular weight excluding hydrogens is 158 g/mol. The summed E-state index contributed by atoms with van der Waals surface area (Å²) in [5.41, 5.74) is 5.13. The molecule has 0 unspecified atom stereocenters. The zero-order valence-electron chi connectivity index (χ0n) is 8.46. The van der Waals surface area contributed by atoms with E-state index in [0.717, 1.165) is 0 Å². The molecule has 1 nitrogen and oxygen atoms in total. The van der Waals surface area contributed by atoms with Gasteiger partial charge >= 0.3 is 0 Å². The highest BCUT2D eigenvalue weighted by Gasteiger charge is 2.00. The van der Waals surface area contributed by atoms with Gasteiger partial charge in [-0.2, -0.15) is 0 Å². The first-order valence-corrected chi connectivity index (χ1v) is 4.37. The maximum Gasteiger partial charge on any atom is 0.0342 e. The van der Waals surface area contributed by atoms with Gasteiger partial charge in [-0.25, -0.2) is 0 Å². The molecule has 0 amide bonds. The molecule has 1 aromatic carbocycles. The molecular formula is C12H15N. The molecule has 0 bridgehead atoms. The fourth-order valence-electron chi connectivity index (χ4n) is 1.25. The van der Waals surface area contributed by atoms with Crippen LogP contribution >= 0.6 is 0 Å². The Labute approximate surface area is 79.8 Å². The Morgan fingerprint density at radius 3 is 2.46 bits per heavy atom. The van der Waals surface area contributed by atoms with Crippen LogP contribution in [0.3, 0.4) is 0 Å². The van der Waals surface area contributed by atoms with E-state index in [2.05, 4.69) is 44.5 Å². The molecule has 0 saturated heterocycles. The highest BCUT2D eigenvalue weighted by molar-refractivity contribution is 5.82. The van der Waals surface area contributed by atoms with Crippen molar-refractivity contribution in [2.75, 3.05) is 0 Å². The summed E-state index contributed by atoms with van der Waals surface area (Å²) in [6, 6.07) is 4.21. The lowest BCUT2D eigenvalue weighted by Gasteiger charge is -2.06. The summed E-state index contributed by atoms with van der Waals surface area (Å²) in [5.74, 6) is 0. The van der Waals surface area contributed by atoms with E-state index in [9.17, 15) is 0 Å². The first-order valence-electron chi connectivity index (χ1n) is 4.37. The van der Waals surface area contributed by atoms with Gasteiger partial charge in [0.1, 0.15) is 0 Å². The molecule has 0 spiro atoms. The van der Waals surface area contributed by atoms with Gasteiger partial charge < -0.3 is 0 Å². The molecule has 0 saturated carbocycles. The summed E-state index contributed by atoms with van der Waals surface area (Å²) in [6.07, 6.45) is 3.39. The molecule has 13 heavy (non-hydrogen) atoms. The number of nitrogens with zero attached hydrogens (tertiary/aromatic N) is 1. The Morgan fingerprint density at radius 2 is 1.85 bits per heavy atom. The predicted octanol–water partition coefficient (Wildman–Crippen LogP) is 3.17. The lowest BCUT2D eigenvalue weighted by atomic mass is 10.00. The molecule has 0 aliphatic heterocycles. The Bertz CT molecular complexity index is 348. The Hall–Kier alpha value is -1.37. The summed E-state index contributed by atoms with van der Waals surface area (Å²) in [4.78, 5) is 4.01. The highest BCUT2D eigenvalue weighted by Crippen LogP contribution is 2.15. The normalized spacial score (nSPS) is 10.7. The van der Waals surface area contributed by atoms with E-state index >= 15 is 0 Å². The smallest absolute Gasteiger partial charge is 0.0342 e. The number of aryl methyl sites for hydroxylation is 1. The van der Waals surface area contributed by atoms with Crippen LogP contribution in [0, 0.1) is 20.8 Å². The van der Waals surface area contributed by atoms with Crippen LogP contribution in [0.5, 0.6) is 0 Å². The van der Waals surface area contributed by atoms with E-state index in [1.807, 2.05) is 6.21 Å². The molecule has 1 aromatic rings. The van der Waals surface area contributed by atoms with Crippen molar-refractivity contribution < 1.29 is 0 Å². The third-order valence-electron chi connectivity index (χ3n) is 2.42. The van der Waals surface area contributed by atoms with E-state index in [4.69, 9.17) is 0 Å². The van der Waals surface area contributed by atoms with E-state index in [1.165, 1.54) is 22.3 Å². The molecule has 0 radical (unpaired) electrons. The topological polar surface area (TPSA) is 12.4 Å². The molecule has 0 aliphatic carbocycles. The van der Waals surface area contributed by atoms with E-state index < -0.39 is 0 Å². The highest BCUT2D eigenvalue weighted by atomic mass is 14.7. The van der Waals surface area contributed by atoms with Gasteiger partial charge in [-0.15, -0.1) is 0 Å². The van der Waals surface area contributed by atoms with Crippen molar-refractivity contribution in [3.8, 4) is 0 Å². The average molecular weight is 173 g/mol. The lowest BCUT2D eigenvalue weighted by Crippen LogP contribution is -1.92. The molecule has 0 aliphatic rings. The molecule has 1 heteroatoms. The maximum atomic E-state index is 4.01. The van der Waals surface area contributed by atoms with Gasteiger partial charge in [-0.1, -0.05) is 18.7 Å². The van der Waals surface area contributed by atoms with Crippen molar-refractivity contribution in [2.24, 2.45) is 4.99 Å². The van der Waals surface area contributed by atoms with E-state index in [-0.39, 0.29) is 0 Å². The number of hydrogen-bond acceptors (Lipinski definition) is 1. The quantitative estimate of drug-likeness (QED) is 0.609. The van der Waals surface area contributed by atoms with Crippen LogP contribution in [0.2, 0.25) is 0 Å². The van der Waals surface area contributed by atoms with Crippen LogP contribution in [0.1, 0.15) is 22.3 Å². The lowest BCUT2D eigenvalue weighted by molar-refractivity contribution is 1.26. The zero-order chi connectivity index (χ0) is 9.84. The third-order valence-corrected chi connectivity index (χ3v) is 2.42. The largest absolute Gasteiger partial charge is 0.265 e. The Kier molecular flexibility index (Phi) is 3.02. The molecule has 0 atom stereocenters. The van der Waals surface area contributed by atoms with Crippen LogP contribution < -0.4 is 0 Å². The van der Waals surface area contributed by atoms with Crippen molar-refractivity contribution in [1.29, 1.82) is 0 Å². The monoisotopic (exact) mass is 173 g/mol. The van der Waals surface area contributed by atoms with Gasteiger partial charge in [0.15, 0.2) is 0 Å². The predicted molar refractivity (Wildman–Crippen MR) is 58.4 cm³/mol. The molecule has 0 fully saturated rings. The molecule has 0 aromatic heterocycles. The van der Waals surface area contributed by atoms with Crippen LogP contribution in [0.15, 0.2) is 29.9 Å². The Balaban J connectivity index is 3.17. The molecule has 0 heterocycles. The molecule has 0 N–H and O–H groups in total. The number of benzene rings is 1. The third kappa shape index (κ3) is 2.05. The summed E-state index contributed by atoms with van der Waals surface area (Å²) >= 11 is 0. The second-order valence-corrected chi connectivity index (χ2v) is 3.18. The summed E-state index contributed by atoms with van der Waals surface area (Å²) in [5, 5.41) is 0. The van der Waals surface area contributed by atoms with Gasteiger partial charge in [0.2, 0.25) is 0 Å². The second-order valence-electron chi connectivity index (χ2n) is 3.18. The van der Waals surface area contributed by atoms with Crippen molar-refractivity contribution in [1.82, 2.24) is 0 Å². The van der Waals surface area contributed by atoms with Crippen molar-refractivity contribution in [2.45, 2.75) is 20.8 Å². The Morgan fingerprint density at radius 1 is 1.15 bits per heavy atom. The van der Waals surface area contributed by atoms with Gasteiger partial charge in [0.05, 0.1) is 0 Å². The van der Waals surface area contributed by atoms with Crippen molar-refractivity contribution in [3.05, 3.63) is 47.2 Å². The van der Waals surface area contributed by atoms with Crippen LogP contribution in [0.4, 0.5) is 0 Å². The van der Waals surface area contributed by atoms with E-state index in [1.54, 1.807) is 6.20 Å². The average Bonchev–Trinajstić information content (AvgIpc) is 2.13. The van der Waals surface area contributed by atoms with Crippen molar-refractivity contribution in [3.63, 3.8) is 0 Å². The summed E-state index contributed by atoms with van der Waals surface area (Å²) in [7, 11) is 0. The van der Waals surface area contributed by atoms with E-state index in [0.29, 0.717) is 0 Å². The molecule has 1 rings (SSSR count). The second kappa shape index (κ2) is 4.04. The standard InChI is InChI=1S/C12H15N/c1-5-13-8-12-7-6-9(2)10(3)11(12)4/h5-8H,1H2,2-4H3. The summed E-state index contributed by atoms with van der Waals surface area (Å²) in [6.45, 7) is 9.92. The van der Waals surface area contributed by atoms with Gasteiger partial charge in [-0.3, -0.25) is 4.99 Å². The minimum atomic E-state index is 1.17. The van der Waals surface area contributed by atoms with Gasteiger partial charge in [-0.05, 0) is 43.0 Å². The fourth-order valence-corrected chi connectivity index (χ4v) is 1.25. The van der Waals surface area contributed by atoms with Gasteiger partial charge in [0, 0.05) is 12.4 Å². The maximum absolute atomic E-state index is 4.01. The fraction of sp³-hybridized carbons (Fsp3) is 0.250. The SMILES string of the molecule is C=CN=Cc1ccc(C)c(C)c1C. The first kappa shape index (κ1) is 9.72. The zero-order valence-corrected chi connectivity index (χ0v) is 8.46. The molecule has 68 valence electrons. The number of aliphatic imine (C=N–C) groups is 1. The minimum absolute atomic E-state index is 1.17. The van der Waals surface area contributed by atoms with Crippen molar-refractivity contribution >= 4 is 6.21 Å². The van der Waals surface area contributed by atoms with Crippen LogP contribution in [-0.4, -0.2) is 6.21 Å².